The van der Waals surface area contributed by atoms with E-state index in [1.165, 1.54) is 22.0 Å². The van der Waals surface area contributed by atoms with Gasteiger partial charge in [0, 0.05) is 18.1 Å². The first-order chi connectivity index (χ1) is 9.65. The van der Waals surface area contributed by atoms with Crippen molar-refractivity contribution in [1.82, 2.24) is 9.78 Å². The van der Waals surface area contributed by atoms with Gasteiger partial charge in [0.25, 0.3) is 0 Å². The van der Waals surface area contributed by atoms with E-state index in [4.69, 9.17) is 0 Å². The number of para-hydroxylation sites is 1. The molecular weight excluding hydrogens is 246 g/mol. The Hall–Kier alpha value is -2.29. The van der Waals surface area contributed by atoms with Gasteiger partial charge >= 0.3 is 0 Å². The quantitative estimate of drug-likeness (QED) is 0.780. The normalized spacial score (nSPS) is 10.9. The van der Waals surface area contributed by atoms with E-state index in [0.29, 0.717) is 0 Å². The third-order valence-corrected chi connectivity index (χ3v) is 3.80. The number of aromatic nitrogens is 2. The van der Waals surface area contributed by atoms with Crippen LogP contribution in [0.4, 0.5) is 5.69 Å². The van der Waals surface area contributed by atoms with Crippen LogP contribution in [0.3, 0.4) is 0 Å². The Morgan fingerprint density at radius 1 is 1.05 bits per heavy atom. The highest BCUT2D eigenvalue weighted by molar-refractivity contribution is 5.82. The lowest BCUT2D eigenvalue weighted by molar-refractivity contribution is 0.771. The molecule has 20 heavy (non-hydrogen) atoms. The van der Waals surface area contributed by atoms with Crippen LogP contribution in [0.1, 0.15) is 16.8 Å². The number of fused-ring (bicyclic) bond motifs is 1. The lowest BCUT2D eigenvalue weighted by Gasteiger charge is -2.07. The number of rotatable bonds is 3. The van der Waals surface area contributed by atoms with Crippen LogP contribution in [-0.4, -0.2) is 9.78 Å². The van der Waals surface area contributed by atoms with Crippen molar-refractivity contribution in [3.8, 4) is 0 Å². The molecule has 1 N–H and O–H groups in total. The Balaban J connectivity index is 1.85. The highest BCUT2D eigenvalue weighted by atomic mass is 15.3. The van der Waals surface area contributed by atoms with Gasteiger partial charge in [-0.25, -0.2) is 0 Å². The van der Waals surface area contributed by atoms with E-state index in [9.17, 15) is 0 Å². The maximum absolute atomic E-state index is 4.60. The molecule has 1 aromatic heterocycles. The number of hydrogen-bond donors (Lipinski definition) is 1. The van der Waals surface area contributed by atoms with Crippen molar-refractivity contribution in [2.75, 3.05) is 5.32 Å². The molecule has 3 aromatic rings. The topological polar surface area (TPSA) is 29.9 Å². The molecule has 0 aliphatic rings. The highest BCUT2D eigenvalue weighted by Gasteiger charge is 2.07. The zero-order valence-electron chi connectivity index (χ0n) is 12.1. The van der Waals surface area contributed by atoms with Gasteiger partial charge in [0.1, 0.15) is 0 Å². The molecule has 0 aliphatic heterocycles. The molecular formula is C17H19N3. The van der Waals surface area contributed by atoms with E-state index in [-0.39, 0.29) is 0 Å². The summed E-state index contributed by atoms with van der Waals surface area (Å²) in [7, 11) is 1.99. The summed E-state index contributed by atoms with van der Waals surface area (Å²) in [5.41, 5.74) is 6.02. The van der Waals surface area contributed by atoms with Crippen LogP contribution in [0.15, 0.2) is 42.5 Å². The average Bonchev–Trinajstić information content (AvgIpc) is 2.78. The summed E-state index contributed by atoms with van der Waals surface area (Å²) in [5.74, 6) is 0. The van der Waals surface area contributed by atoms with Crippen LogP contribution in [0.2, 0.25) is 0 Å². The van der Waals surface area contributed by atoms with Crippen LogP contribution in [0.25, 0.3) is 10.9 Å². The van der Waals surface area contributed by atoms with E-state index in [1.54, 1.807) is 0 Å². The first-order valence-electron chi connectivity index (χ1n) is 6.87. The molecule has 3 nitrogen and oxygen atoms in total. The van der Waals surface area contributed by atoms with E-state index in [2.05, 4.69) is 60.7 Å². The zero-order valence-corrected chi connectivity index (χ0v) is 12.1. The number of nitrogens with zero attached hydrogens (tertiary/aromatic N) is 2. The summed E-state index contributed by atoms with van der Waals surface area (Å²) in [5, 5.41) is 9.27. The molecule has 0 amide bonds. The van der Waals surface area contributed by atoms with Crippen molar-refractivity contribution < 1.29 is 0 Å². The van der Waals surface area contributed by atoms with Crippen molar-refractivity contribution in [3.63, 3.8) is 0 Å². The SMILES string of the molecule is Cc1ccc(NCc2nn(C)c3ccccc23)cc1C. The molecule has 0 aliphatic carbocycles. The molecule has 0 saturated heterocycles. The average molecular weight is 265 g/mol. The van der Waals surface area contributed by atoms with Gasteiger partial charge in [0.2, 0.25) is 0 Å². The minimum atomic E-state index is 0.740. The second-order valence-electron chi connectivity index (χ2n) is 5.24. The number of hydrogen-bond acceptors (Lipinski definition) is 2. The van der Waals surface area contributed by atoms with Crippen molar-refractivity contribution in [1.29, 1.82) is 0 Å². The smallest absolute Gasteiger partial charge is 0.0894 e. The summed E-state index contributed by atoms with van der Waals surface area (Å²) >= 11 is 0. The second-order valence-corrected chi connectivity index (χ2v) is 5.24. The third kappa shape index (κ3) is 2.27. The molecule has 0 atom stereocenters. The first kappa shape index (κ1) is 12.7. The minimum absolute atomic E-state index is 0.740. The van der Waals surface area contributed by atoms with Gasteiger partial charge in [-0.2, -0.15) is 5.10 Å². The van der Waals surface area contributed by atoms with Crippen LogP contribution >= 0.6 is 0 Å². The van der Waals surface area contributed by atoms with Gasteiger partial charge in [-0.15, -0.1) is 0 Å². The molecule has 3 rings (SSSR count). The van der Waals surface area contributed by atoms with Crippen LogP contribution in [0, 0.1) is 13.8 Å². The fraction of sp³-hybridized carbons (Fsp3) is 0.235. The standard InChI is InChI=1S/C17H19N3/c1-12-8-9-14(10-13(12)2)18-11-16-15-6-4-5-7-17(15)20(3)19-16/h4-10,18H,11H2,1-3H3. The van der Waals surface area contributed by atoms with Gasteiger partial charge in [-0.1, -0.05) is 24.3 Å². The summed E-state index contributed by atoms with van der Waals surface area (Å²) in [6.45, 7) is 5.01. The number of anilines is 1. The van der Waals surface area contributed by atoms with E-state index in [0.717, 1.165) is 17.9 Å². The molecule has 3 heteroatoms. The largest absolute Gasteiger partial charge is 0.379 e. The number of benzene rings is 2. The fourth-order valence-corrected chi connectivity index (χ4v) is 2.46. The maximum atomic E-state index is 4.60. The van der Waals surface area contributed by atoms with Crippen molar-refractivity contribution >= 4 is 16.6 Å². The molecule has 0 unspecified atom stereocenters. The van der Waals surface area contributed by atoms with E-state index < -0.39 is 0 Å². The molecule has 0 spiro atoms. The Morgan fingerprint density at radius 2 is 1.85 bits per heavy atom. The predicted octanol–water partition coefficient (Wildman–Crippen LogP) is 3.80. The van der Waals surface area contributed by atoms with Crippen LogP contribution in [0.5, 0.6) is 0 Å². The van der Waals surface area contributed by atoms with Gasteiger partial charge < -0.3 is 5.32 Å². The Bertz CT molecular complexity index is 756. The number of aryl methyl sites for hydroxylation is 3. The molecule has 0 bridgehead atoms. The van der Waals surface area contributed by atoms with E-state index in [1.807, 2.05) is 17.8 Å². The van der Waals surface area contributed by atoms with Gasteiger partial charge in [0.05, 0.1) is 17.8 Å². The summed E-state index contributed by atoms with van der Waals surface area (Å²) in [6, 6.07) is 14.8. The molecule has 0 fully saturated rings. The third-order valence-electron chi connectivity index (χ3n) is 3.80. The summed E-state index contributed by atoms with van der Waals surface area (Å²) in [4.78, 5) is 0. The Labute approximate surface area is 119 Å². The van der Waals surface area contributed by atoms with Crippen LogP contribution < -0.4 is 5.32 Å². The predicted molar refractivity (Wildman–Crippen MR) is 84.0 cm³/mol. The fourth-order valence-electron chi connectivity index (χ4n) is 2.46. The van der Waals surface area contributed by atoms with E-state index >= 15 is 0 Å². The Kier molecular flexibility index (Phi) is 3.18. The number of nitrogens with one attached hydrogen (secondary N) is 1. The van der Waals surface area contributed by atoms with Crippen molar-refractivity contribution in [2.45, 2.75) is 20.4 Å². The summed E-state index contributed by atoms with van der Waals surface area (Å²) in [6.07, 6.45) is 0. The van der Waals surface area contributed by atoms with Gasteiger partial charge in [0.15, 0.2) is 0 Å². The minimum Gasteiger partial charge on any atom is -0.379 e. The van der Waals surface area contributed by atoms with Gasteiger partial charge in [-0.05, 0) is 43.2 Å². The zero-order chi connectivity index (χ0) is 14.1. The van der Waals surface area contributed by atoms with Gasteiger partial charge in [-0.3, -0.25) is 4.68 Å². The molecule has 102 valence electrons. The monoisotopic (exact) mass is 265 g/mol. The maximum Gasteiger partial charge on any atom is 0.0894 e. The molecule has 0 radical (unpaired) electrons. The molecule has 0 saturated carbocycles. The van der Waals surface area contributed by atoms with Crippen molar-refractivity contribution in [3.05, 3.63) is 59.3 Å². The molecule has 1 heterocycles. The molecule has 2 aromatic carbocycles. The lowest BCUT2D eigenvalue weighted by atomic mass is 10.1. The lowest BCUT2D eigenvalue weighted by Crippen LogP contribution is -2.01. The highest BCUT2D eigenvalue weighted by Crippen LogP contribution is 2.19. The first-order valence-corrected chi connectivity index (χ1v) is 6.87. The Morgan fingerprint density at radius 3 is 2.65 bits per heavy atom. The van der Waals surface area contributed by atoms with Crippen LogP contribution in [-0.2, 0) is 13.6 Å². The summed E-state index contributed by atoms with van der Waals surface area (Å²) < 4.78 is 1.94. The second kappa shape index (κ2) is 5.00. The van der Waals surface area contributed by atoms with Crippen molar-refractivity contribution in [2.24, 2.45) is 7.05 Å².